The van der Waals surface area contributed by atoms with Crippen molar-refractivity contribution in [3.05, 3.63) is 59.9 Å². The number of rotatable bonds is 3. The molecule has 1 unspecified atom stereocenters. The van der Waals surface area contributed by atoms with Crippen molar-refractivity contribution >= 4 is 0 Å². The average molecular weight is 232 g/mol. The summed E-state index contributed by atoms with van der Waals surface area (Å²) >= 11 is 0. The largest absolute Gasteiger partial charge is 0.385 e. The molecule has 0 saturated heterocycles. The van der Waals surface area contributed by atoms with Crippen LogP contribution in [0.15, 0.2) is 43.0 Å². The Morgan fingerprint density at radius 3 is 2.65 bits per heavy atom. The van der Waals surface area contributed by atoms with E-state index < -0.39 is 5.60 Å². The van der Waals surface area contributed by atoms with Crippen LogP contribution in [-0.2, 0) is 12.0 Å². The number of hydrogen-bond donors (Lipinski definition) is 1. The van der Waals surface area contributed by atoms with Crippen molar-refractivity contribution in [1.82, 2.24) is 9.97 Å². The molecule has 0 aliphatic heterocycles. The van der Waals surface area contributed by atoms with Crippen molar-refractivity contribution in [1.29, 1.82) is 0 Å². The first-order valence-electron chi connectivity index (χ1n) is 5.30. The van der Waals surface area contributed by atoms with E-state index >= 15 is 0 Å². The Labute approximate surface area is 99.0 Å². The minimum absolute atomic E-state index is 0.303. The van der Waals surface area contributed by atoms with Crippen LogP contribution in [0.3, 0.4) is 0 Å². The van der Waals surface area contributed by atoms with E-state index in [1.807, 2.05) is 0 Å². The highest BCUT2D eigenvalue weighted by atomic mass is 19.1. The van der Waals surface area contributed by atoms with Gasteiger partial charge in [0.05, 0.1) is 5.60 Å². The fraction of sp³-hybridized carbons (Fsp3) is 0.231. The van der Waals surface area contributed by atoms with Crippen LogP contribution in [0.5, 0.6) is 0 Å². The highest BCUT2D eigenvalue weighted by Crippen LogP contribution is 2.24. The van der Waals surface area contributed by atoms with Crippen LogP contribution in [0.4, 0.5) is 4.39 Å². The molecule has 88 valence electrons. The third-order valence-corrected chi connectivity index (χ3v) is 2.62. The number of aliphatic hydroxyl groups is 1. The fourth-order valence-electron chi connectivity index (χ4n) is 1.72. The molecule has 0 radical (unpaired) electrons. The lowest BCUT2D eigenvalue weighted by molar-refractivity contribution is 0.0568. The van der Waals surface area contributed by atoms with Crippen molar-refractivity contribution < 1.29 is 9.50 Å². The maximum atomic E-state index is 13.0. The Morgan fingerprint density at radius 1 is 1.29 bits per heavy atom. The van der Waals surface area contributed by atoms with E-state index in [1.165, 1.54) is 18.5 Å². The number of nitrogens with zero attached hydrogens (tertiary/aromatic N) is 2. The van der Waals surface area contributed by atoms with Gasteiger partial charge in [-0.15, -0.1) is 0 Å². The fourth-order valence-corrected chi connectivity index (χ4v) is 1.72. The number of benzene rings is 1. The lowest BCUT2D eigenvalue weighted by Crippen LogP contribution is -2.24. The van der Waals surface area contributed by atoms with Gasteiger partial charge in [0, 0.05) is 24.4 Å². The Bertz CT molecular complexity index is 500. The van der Waals surface area contributed by atoms with Gasteiger partial charge in [-0.1, -0.05) is 12.1 Å². The first-order valence-corrected chi connectivity index (χ1v) is 5.30. The van der Waals surface area contributed by atoms with E-state index in [4.69, 9.17) is 0 Å². The van der Waals surface area contributed by atoms with Crippen LogP contribution in [-0.4, -0.2) is 15.1 Å². The Balaban J connectivity index is 2.23. The zero-order chi connectivity index (χ0) is 12.3. The lowest BCUT2D eigenvalue weighted by Gasteiger charge is -2.23. The predicted octanol–water partition coefficient (Wildman–Crippen LogP) is 2.07. The van der Waals surface area contributed by atoms with Gasteiger partial charge in [0.25, 0.3) is 0 Å². The summed E-state index contributed by atoms with van der Waals surface area (Å²) in [6.07, 6.45) is 4.85. The summed E-state index contributed by atoms with van der Waals surface area (Å²) < 4.78 is 13.0. The van der Waals surface area contributed by atoms with Crippen molar-refractivity contribution in [2.24, 2.45) is 0 Å². The maximum Gasteiger partial charge on any atom is 0.123 e. The summed E-state index contributed by atoms with van der Waals surface area (Å²) in [6.45, 7) is 1.66. The monoisotopic (exact) mass is 232 g/mol. The highest BCUT2D eigenvalue weighted by Gasteiger charge is 2.24. The standard InChI is InChI=1S/C13H13FN2O/c1-13(17,11-7-15-9-16-8-11)6-10-3-2-4-12(14)5-10/h2-5,7-9,17H,6H2,1H3. The quantitative estimate of drug-likeness (QED) is 0.881. The third-order valence-electron chi connectivity index (χ3n) is 2.62. The molecule has 0 saturated carbocycles. The maximum absolute atomic E-state index is 13.0. The SMILES string of the molecule is CC(O)(Cc1cccc(F)c1)c1cncnc1. The van der Waals surface area contributed by atoms with Gasteiger partial charge >= 0.3 is 0 Å². The molecule has 1 aromatic heterocycles. The molecular formula is C13H13FN2O. The summed E-state index contributed by atoms with van der Waals surface area (Å²) in [4.78, 5) is 7.73. The zero-order valence-corrected chi connectivity index (χ0v) is 9.47. The smallest absolute Gasteiger partial charge is 0.123 e. The van der Waals surface area contributed by atoms with E-state index in [2.05, 4.69) is 9.97 Å². The molecule has 0 spiro atoms. The van der Waals surface area contributed by atoms with Gasteiger partial charge in [-0.3, -0.25) is 0 Å². The summed E-state index contributed by atoms with van der Waals surface area (Å²) in [7, 11) is 0. The number of aromatic nitrogens is 2. The minimum Gasteiger partial charge on any atom is -0.385 e. The van der Waals surface area contributed by atoms with Crippen LogP contribution < -0.4 is 0 Å². The van der Waals surface area contributed by atoms with Gasteiger partial charge in [0.1, 0.15) is 12.1 Å². The van der Waals surface area contributed by atoms with Crippen LogP contribution in [0.2, 0.25) is 0 Å². The van der Waals surface area contributed by atoms with E-state index in [1.54, 1.807) is 31.5 Å². The van der Waals surface area contributed by atoms with Crippen molar-refractivity contribution in [3.8, 4) is 0 Å². The number of halogens is 1. The molecule has 4 heteroatoms. The van der Waals surface area contributed by atoms with E-state index in [0.717, 1.165) is 5.56 Å². The van der Waals surface area contributed by atoms with Crippen molar-refractivity contribution in [3.63, 3.8) is 0 Å². The topological polar surface area (TPSA) is 46.0 Å². The molecule has 0 fully saturated rings. The molecule has 0 aliphatic carbocycles. The van der Waals surface area contributed by atoms with E-state index in [9.17, 15) is 9.50 Å². The highest BCUT2D eigenvalue weighted by molar-refractivity contribution is 5.22. The van der Waals surface area contributed by atoms with Crippen LogP contribution in [0, 0.1) is 5.82 Å². The molecule has 17 heavy (non-hydrogen) atoms. The molecule has 3 nitrogen and oxygen atoms in total. The normalized spacial score (nSPS) is 14.3. The van der Waals surface area contributed by atoms with E-state index in [0.29, 0.717) is 12.0 Å². The van der Waals surface area contributed by atoms with Gasteiger partial charge in [-0.05, 0) is 24.6 Å². The Kier molecular flexibility index (Phi) is 3.15. The van der Waals surface area contributed by atoms with Crippen LogP contribution >= 0.6 is 0 Å². The molecule has 0 amide bonds. The van der Waals surface area contributed by atoms with Crippen molar-refractivity contribution in [2.75, 3.05) is 0 Å². The number of hydrogen-bond acceptors (Lipinski definition) is 3. The molecule has 2 rings (SSSR count). The van der Waals surface area contributed by atoms with Crippen molar-refractivity contribution in [2.45, 2.75) is 18.9 Å². The second-order valence-corrected chi connectivity index (χ2v) is 4.21. The van der Waals surface area contributed by atoms with Crippen LogP contribution in [0.1, 0.15) is 18.1 Å². The van der Waals surface area contributed by atoms with E-state index in [-0.39, 0.29) is 5.82 Å². The van der Waals surface area contributed by atoms with Gasteiger partial charge in [0.15, 0.2) is 0 Å². The third kappa shape index (κ3) is 2.85. The Morgan fingerprint density at radius 2 is 2.00 bits per heavy atom. The predicted molar refractivity (Wildman–Crippen MR) is 61.7 cm³/mol. The molecule has 1 atom stereocenters. The first kappa shape index (κ1) is 11.7. The summed E-state index contributed by atoms with van der Waals surface area (Å²) in [5, 5.41) is 10.3. The molecule has 2 aromatic rings. The molecule has 1 aromatic carbocycles. The van der Waals surface area contributed by atoms with Gasteiger partial charge < -0.3 is 5.11 Å². The van der Waals surface area contributed by atoms with Gasteiger partial charge in [-0.2, -0.15) is 0 Å². The molecule has 0 aliphatic rings. The zero-order valence-electron chi connectivity index (χ0n) is 9.47. The van der Waals surface area contributed by atoms with Gasteiger partial charge in [0.2, 0.25) is 0 Å². The molecule has 1 heterocycles. The van der Waals surface area contributed by atoms with Gasteiger partial charge in [-0.25, -0.2) is 14.4 Å². The second-order valence-electron chi connectivity index (χ2n) is 4.21. The molecule has 0 bridgehead atoms. The summed E-state index contributed by atoms with van der Waals surface area (Å²) in [5.41, 5.74) is 0.248. The Hall–Kier alpha value is -1.81. The molecule has 1 N–H and O–H groups in total. The lowest BCUT2D eigenvalue weighted by atomic mass is 9.91. The molecular weight excluding hydrogens is 219 g/mol. The minimum atomic E-state index is -1.10. The second kappa shape index (κ2) is 4.59. The van der Waals surface area contributed by atoms with Crippen LogP contribution in [0.25, 0.3) is 0 Å². The summed E-state index contributed by atoms with van der Waals surface area (Å²) in [6, 6.07) is 6.20. The average Bonchev–Trinajstić information content (AvgIpc) is 2.29. The summed E-state index contributed by atoms with van der Waals surface area (Å²) in [5.74, 6) is -0.303. The first-order chi connectivity index (χ1) is 8.08.